The highest BCUT2D eigenvalue weighted by Gasteiger charge is 2.29. The number of H-pyrrole nitrogens is 1. The summed E-state index contributed by atoms with van der Waals surface area (Å²) in [7, 11) is 1.55. The zero-order valence-electron chi connectivity index (χ0n) is 14.8. The minimum atomic E-state index is -0.339. The topological polar surface area (TPSA) is 96.5 Å². The first-order chi connectivity index (χ1) is 12.6. The van der Waals surface area contributed by atoms with E-state index in [9.17, 15) is 9.59 Å². The number of aromatic nitrogens is 2. The standard InChI is InChI=1S/C18H22N4O4/c1-12(23)19-9-13-10-20-17(21-13)16-11-22(7-8-26-16)18(24)14-5-3-4-6-15(14)25-2/h3-6,10,16H,7-9,11H2,1-2H3,(H,19,23)(H,20,21)/t16-/m0/s1. The molecule has 0 bridgehead atoms. The number of amides is 2. The molecule has 0 radical (unpaired) electrons. The molecule has 26 heavy (non-hydrogen) atoms. The summed E-state index contributed by atoms with van der Waals surface area (Å²) in [5.41, 5.74) is 1.31. The van der Waals surface area contributed by atoms with Crippen LogP contribution in [0.15, 0.2) is 30.5 Å². The molecular weight excluding hydrogens is 336 g/mol. The molecule has 1 atom stereocenters. The minimum Gasteiger partial charge on any atom is -0.496 e. The Morgan fingerprint density at radius 1 is 1.42 bits per heavy atom. The van der Waals surface area contributed by atoms with Gasteiger partial charge in [-0.15, -0.1) is 0 Å². The molecule has 0 spiro atoms. The fraction of sp³-hybridized carbons (Fsp3) is 0.389. The second-order valence-corrected chi connectivity index (χ2v) is 6.01. The maximum Gasteiger partial charge on any atom is 0.257 e. The van der Waals surface area contributed by atoms with Crippen LogP contribution in [0.5, 0.6) is 5.75 Å². The number of nitrogens with zero attached hydrogens (tertiary/aromatic N) is 2. The number of imidazole rings is 1. The molecule has 1 aromatic carbocycles. The monoisotopic (exact) mass is 358 g/mol. The van der Waals surface area contributed by atoms with Gasteiger partial charge in [0.1, 0.15) is 17.7 Å². The Hall–Kier alpha value is -2.87. The molecule has 8 nitrogen and oxygen atoms in total. The van der Waals surface area contributed by atoms with Crippen LogP contribution >= 0.6 is 0 Å². The van der Waals surface area contributed by atoms with Gasteiger partial charge in [0.05, 0.1) is 44.3 Å². The van der Waals surface area contributed by atoms with Crippen LogP contribution in [-0.4, -0.2) is 53.5 Å². The lowest BCUT2D eigenvalue weighted by molar-refractivity contribution is -0.119. The van der Waals surface area contributed by atoms with Gasteiger partial charge < -0.3 is 24.7 Å². The number of carbonyl (C=O) groups excluding carboxylic acids is 2. The van der Waals surface area contributed by atoms with Crippen molar-refractivity contribution in [1.29, 1.82) is 0 Å². The second kappa shape index (κ2) is 8.01. The minimum absolute atomic E-state index is 0.0965. The van der Waals surface area contributed by atoms with Crippen molar-refractivity contribution in [1.82, 2.24) is 20.2 Å². The molecule has 8 heteroatoms. The molecule has 3 rings (SSSR count). The summed E-state index contributed by atoms with van der Waals surface area (Å²) in [6.45, 7) is 3.16. The number of hydrogen-bond acceptors (Lipinski definition) is 5. The molecule has 2 heterocycles. The quantitative estimate of drug-likeness (QED) is 0.839. The average molecular weight is 358 g/mol. The Kier molecular flexibility index (Phi) is 5.52. The van der Waals surface area contributed by atoms with Crippen molar-refractivity contribution < 1.29 is 19.1 Å². The van der Waals surface area contributed by atoms with E-state index < -0.39 is 0 Å². The second-order valence-electron chi connectivity index (χ2n) is 6.01. The van der Waals surface area contributed by atoms with Crippen LogP contribution in [0.4, 0.5) is 0 Å². The van der Waals surface area contributed by atoms with Crippen LogP contribution in [0.1, 0.15) is 34.9 Å². The van der Waals surface area contributed by atoms with Crippen molar-refractivity contribution >= 4 is 11.8 Å². The normalized spacial score (nSPS) is 17.0. The van der Waals surface area contributed by atoms with Gasteiger partial charge in [-0.05, 0) is 12.1 Å². The number of ether oxygens (including phenoxy) is 2. The maximum atomic E-state index is 12.9. The molecule has 0 saturated carbocycles. The van der Waals surface area contributed by atoms with Crippen LogP contribution in [0, 0.1) is 0 Å². The van der Waals surface area contributed by atoms with Crippen molar-refractivity contribution in [2.45, 2.75) is 19.6 Å². The number of carbonyl (C=O) groups is 2. The third-order valence-electron chi connectivity index (χ3n) is 4.17. The van der Waals surface area contributed by atoms with E-state index in [1.165, 1.54) is 6.92 Å². The Labute approximate surface area is 151 Å². The fourth-order valence-electron chi connectivity index (χ4n) is 2.84. The lowest BCUT2D eigenvalue weighted by Crippen LogP contribution is -2.42. The highest BCUT2D eigenvalue weighted by molar-refractivity contribution is 5.97. The number of nitrogens with one attached hydrogen (secondary N) is 2. The van der Waals surface area contributed by atoms with E-state index in [1.807, 2.05) is 12.1 Å². The molecule has 1 aromatic heterocycles. The first kappa shape index (κ1) is 17.9. The van der Waals surface area contributed by atoms with Crippen LogP contribution in [0.25, 0.3) is 0 Å². The third-order valence-corrected chi connectivity index (χ3v) is 4.17. The maximum absolute atomic E-state index is 12.9. The number of methoxy groups -OCH3 is 1. The summed E-state index contributed by atoms with van der Waals surface area (Å²) in [5, 5.41) is 2.71. The van der Waals surface area contributed by atoms with E-state index in [0.29, 0.717) is 43.4 Å². The molecule has 2 N–H and O–H groups in total. The third kappa shape index (κ3) is 4.02. The van der Waals surface area contributed by atoms with Crippen molar-refractivity contribution in [3.8, 4) is 5.75 Å². The van der Waals surface area contributed by atoms with Gasteiger partial charge >= 0.3 is 0 Å². The summed E-state index contributed by atoms with van der Waals surface area (Å²) >= 11 is 0. The Morgan fingerprint density at radius 2 is 2.23 bits per heavy atom. The van der Waals surface area contributed by atoms with E-state index in [4.69, 9.17) is 9.47 Å². The highest BCUT2D eigenvalue weighted by Crippen LogP contribution is 2.24. The molecule has 0 unspecified atom stereocenters. The number of rotatable bonds is 5. The SMILES string of the molecule is COc1ccccc1C(=O)N1CCO[C@H](c2ncc(CNC(C)=O)[nH]2)C1. The van der Waals surface area contributed by atoms with E-state index in [-0.39, 0.29) is 17.9 Å². The zero-order valence-corrected chi connectivity index (χ0v) is 14.8. The van der Waals surface area contributed by atoms with E-state index in [0.717, 1.165) is 5.69 Å². The lowest BCUT2D eigenvalue weighted by atomic mass is 10.1. The molecule has 0 aliphatic carbocycles. The number of aromatic amines is 1. The van der Waals surface area contributed by atoms with Crippen LogP contribution in [0.2, 0.25) is 0 Å². The highest BCUT2D eigenvalue weighted by atomic mass is 16.5. The molecule has 1 aliphatic heterocycles. The van der Waals surface area contributed by atoms with Gasteiger partial charge in [-0.1, -0.05) is 12.1 Å². The summed E-state index contributed by atoms with van der Waals surface area (Å²) < 4.78 is 11.1. The molecule has 138 valence electrons. The van der Waals surface area contributed by atoms with Gasteiger partial charge in [0.25, 0.3) is 5.91 Å². The van der Waals surface area contributed by atoms with Crippen LogP contribution < -0.4 is 10.1 Å². The molecule has 2 amide bonds. The van der Waals surface area contributed by atoms with Gasteiger partial charge in [0, 0.05) is 13.5 Å². The number of benzene rings is 1. The first-order valence-electron chi connectivity index (χ1n) is 8.40. The zero-order chi connectivity index (χ0) is 18.5. The molecular formula is C18H22N4O4. The molecule has 1 aliphatic rings. The van der Waals surface area contributed by atoms with Gasteiger partial charge in [0.2, 0.25) is 5.91 Å². The van der Waals surface area contributed by atoms with Gasteiger partial charge in [-0.25, -0.2) is 4.98 Å². The summed E-state index contributed by atoms with van der Waals surface area (Å²) in [5.74, 6) is 0.989. The predicted octanol–water partition coefficient (Wildman–Crippen LogP) is 1.27. The van der Waals surface area contributed by atoms with Crippen LogP contribution in [-0.2, 0) is 16.1 Å². The summed E-state index contributed by atoms with van der Waals surface area (Å²) in [6, 6.07) is 7.17. The Balaban J connectivity index is 1.69. The predicted molar refractivity (Wildman–Crippen MR) is 93.7 cm³/mol. The number of hydrogen-bond donors (Lipinski definition) is 2. The van der Waals surface area contributed by atoms with E-state index >= 15 is 0 Å². The van der Waals surface area contributed by atoms with Gasteiger partial charge in [0.15, 0.2) is 0 Å². The summed E-state index contributed by atoms with van der Waals surface area (Å²) in [6.07, 6.45) is 1.32. The number of morpholine rings is 1. The summed E-state index contributed by atoms with van der Waals surface area (Å²) in [4.78, 5) is 33.1. The largest absolute Gasteiger partial charge is 0.496 e. The van der Waals surface area contributed by atoms with E-state index in [2.05, 4.69) is 15.3 Å². The fourth-order valence-corrected chi connectivity index (χ4v) is 2.84. The molecule has 1 saturated heterocycles. The van der Waals surface area contributed by atoms with Gasteiger partial charge in [-0.2, -0.15) is 0 Å². The Bertz CT molecular complexity index is 789. The Morgan fingerprint density at radius 3 is 3.00 bits per heavy atom. The number of para-hydroxylation sites is 1. The average Bonchev–Trinajstić information content (AvgIpc) is 3.15. The van der Waals surface area contributed by atoms with Crippen molar-refractivity contribution in [2.75, 3.05) is 26.8 Å². The van der Waals surface area contributed by atoms with Crippen LogP contribution in [0.3, 0.4) is 0 Å². The first-order valence-corrected chi connectivity index (χ1v) is 8.40. The smallest absolute Gasteiger partial charge is 0.257 e. The van der Waals surface area contributed by atoms with Crippen molar-refractivity contribution in [3.63, 3.8) is 0 Å². The lowest BCUT2D eigenvalue weighted by Gasteiger charge is -2.32. The molecule has 1 fully saturated rings. The molecule has 2 aromatic rings. The van der Waals surface area contributed by atoms with Crippen molar-refractivity contribution in [2.24, 2.45) is 0 Å². The van der Waals surface area contributed by atoms with Gasteiger partial charge in [-0.3, -0.25) is 9.59 Å². The van der Waals surface area contributed by atoms with E-state index in [1.54, 1.807) is 30.3 Å². The van der Waals surface area contributed by atoms with Crippen molar-refractivity contribution in [3.05, 3.63) is 47.5 Å².